The minimum atomic E-state index is -0.214. The van der Waals surface area contributed by atoms with Gasteiger partial charge in [-0.3, -0.25) is 0 Å². The van der Waals surface area contributed by atoms with Crippen LogP contribution in [0.15, 0.2) is 18.2 Å². The van der Waals surface area contributed by atoms with Gasteiger partial charge in [0.2, 0.25) is 0 Å². The second-order valence-electron chi connectivity index (χ2n) is 3.10. The van der Waals surface area contributed by atoms with E-state index in [2.05, 4.69) is 19.9 Å². The lowest BCUT2D eigenvalue weighted by Crippen LogP contribution is -1.96. The normalized spacial score (nSPS) is 13.4. The van der Waals surface area contributed by atoms with E-state index in [1.165, 1.54) is 11.1 Å². The van der Waals surface area contributed by atoms with Gasteiger partial charge in [0.15, 0.2) is 0 Å². The van der Waals surface area contributed by atoms with Crippen LogP contribution < -0.4 is 0 Å². The number of hydrogen-bond donors (Lipinski definition) is 1. The number of aryl methyl sites for hydroxylation is 2. The van der Waals surface area contributed by atoms with Gasteiger partial charge in [-0.05, 0) is 19.4 Å². The number of benzene rings is 1. The third-order valence-corrected chi connectivity index (χ3v) is 2.39. The molecule has 0 aliphatic carbocycles. The number of rotatable bonds is 1. The lowest BCUT2D eigenvalue weighted by atomic mass is 10.1. The van der Waals surface area contributed by atoms with Crippen LogP contribution in [-0.2, 0) is 0 Å². The molecule has 60 valence electrons. The predicted molar refractivity (Wildman–Crippen MR) is 50.8 cm³/mol. The maximum Gasteiger partial charge on any atom is 0.0588 e. The van der Waals surface area contributed by atoms with Crippen LogP contribution in [0.4, 0.5) is 0 Å². The molecule has 1 N–H and O–H groups in total. The molecule has 0 heterocycles. The average Bonchev–Trinajstić information content (AvgIpc) is 1.85. The lowest BCUT2D eigenvalue weighted by Gasteiger charge is -2.06. The van der Waals surface area contributed by atoms with Crippen LogP contribution in [0.25, 0.3) is 0 Å². The molecule has 1 unspecified atom stereocenters. The fourth-order valence-corrected chi connectivity index (χ4v) is 1.58. The summed E-state index contributed by atoms with van der Waals surface area (Å²) in [5.74, 6) is 0. The molecule has 1 atom stereocenters. The van der Waals surface area contributed by atoms with Crippen LogP contribution in [0.2, 0.25) is 0 Å². The predicted octanol–water partition coefficient (Wildman–Crippen LogP) is 0.660. The molecule has 1 rings (SSSR count). The number of aliphatic hydroxyl groups is 1. The van der Waals surface area contributed by atoms with E-state index < -0.39 is 0 Å². The Hall–Kier alpha value is -0.603. The Kier molecular flexibility index (Phi) is 2.47. The average molecular weight is 166 g/mol. The molecule has 0 aliphatic rings. The van der Waals surface area contributed by atoms with E-state index in [9.17, 15) is 5.11 Å². The monoisotopic (exact) mass is 166 g/mol. The molecule has 1 aromatic carbocycles. The van der Waals surface area contributed by atoms with Crippen LogP contribution in [0.5, 0.6) is 0 Å². The summed E-state index contributed by atoms with van der Waals surface area (Å²) in [6.07, 6.45) is 0. The van der Waals surface area contributed by atoms with Crippen molar-refractivity contribution in [2.24, 2.45) is 0 Å². The molecule has 0 aliphatic heterocycles. The summed E-state index contributed by atoms with van der Waals surface area (Å²) in [7, 11) is 0.808. The molecule has 0 spiro atoms. The van der Waals surface area contributed by atoms with Crippen LogP contribution >= 0.6 is 0 Å². The minimum absolute atomic E-state index is 0.214. The van der Waals surface area contributed by atoms with Crippen molar-refractivity contribution in [3.8, 4) is 0 Å². The van der Waals surface area contributed by atoms with Gasteiger partial charge in [0, 0.05) is 10.2 Å². The van der Waals surface area contributed by atoms with Crippen molar-refractivity contribution in [2.75, 3.05) is 0 Å². The summed E-state index contributed by atoms with van der Waals surface area (Å²) in [5.41, 5.74) is 3.31. The Morgan fingerprint density at radius 3 is 2.00 bits per heavy atom. The number of aliphatic hydroxyl groups excluding tert-OH is 1. The molecule has 11 heavy (non-hydrogen) atoms. The molecule has 0 bridgehead atoms. The Labute approximate surface area is 70.5 Å². The fourth-order valence-electron chi connectivity index (χ4n) is 1.25. The van der Waals surface area contributed by atoms with Gasteiger partial charge in [-0.2, -0.15) is 0 Å². The Morgan fingerprint density at radius 2 is 1.64 bits per heavy atom. The minimum Gasteiger partial charge on any atom is -0.393 e. The lowest BCUT2D eigenvalue weighted by molar-refractivity contribution is 0.262. The standard InChI is InChI=1S/C9H14OSi/c1-6-3-7(2)5-8(4-6)9(10)11/h3-5,9-10H,1-2,11H3. The topological polar surface area (TPSA) is 20.2 Å². The van der Waals surface area contributed by atoms with Crippen molar-refractivity contribution in [1.29, 1.82) is 0 Å². The first-order valence-electron chi connectivity index (χ1n) is 3.86. The van der Waals surface area contributed by atoms with Crippen molar-refractivity contribution in [3.63, 3.8) is 0 Å². The zero-order valence-corrected chi connectivity index (χ0v) is 9.26. The first-order chi connectivity index (χ1) is 5.09. The molecule has 0 saturated heterocycles. The molecule has 2 heteroatoms. The van der Waals surface area contributed by atoms with E-state index in [1.54, 1.807) is 0 Å². The molecular formula is C9H14OSi. The van der Waals surface area contributed by atoms with Crippen molar-refractivity contribution in [2.45, 2.75) is 19.6 Å². The maximum atomic E-state index is 9.33. The van der Waals surface area contributed by atoms with Crippen molar-refractivity contribution >= 4 is 10.2 Å². The first kappa shape index (κ1) is 8.49. The third-order valence-electron chi connectivity index (χ3n) is 1.73. The van der Waals surface area contributed by atoms with E-state index in [0.717, 1.165) is 15.8 Å². The summed E-state index contributed by atoms with van der Waals surface area (Å²) >= 11 is 0. The highest BCUT2D eigenvalue weighted by molar-refractivity contribution is 6.11. The summed E-state index contributed by atoms with van der Waals surface area (Å²) in [5, 5.41) is 9.33. The van der Waals surface area contributed by atoms with Gasteiger partial charge in [0.25, 0.3) is 0 Å². The summed E-state index contributed by atoms with van der Waals surface area (Å²) in [4.78, 5) is 0. The van der Waals surface area contributed by atoms with E-state index in [0.29, 0.717) is 0 Å². The summed E-state index contributed by atoms with van der Waals surface area (Å²) in [6, 6.07) is 6.21. The Balaban J connectivity index is 3.08. The van der Waals surface area contributed by atoms with Crippen molar-refractivity contribution < 1.29 is 5.11 Å². The number of hydrogen-bond acceptors (Lipinski definition) is 1. The Bertz CT molecular complexity index is 235. The smallest absolute Gasteiger partial charge is 0.0588 e. The molecule has 0 fully saturated rings. The summed E-state index contributed by atoms with van der Waals surface area (Å²) < 4.78 is 0. The molecule has 0 saturated carbocycles. The van der Waals surface area contributed by atoms with Crippen LogP contribution in [0, 0.1) is 13.8 Å². The maximum absolute atomic E-state index is 9.33. The van der Waals surface area contributed by atoms with Crippen LogP contribution in [0.1, 0.15) is 22.4 Å². The molecule has 0 radical (unpaired) electrons. The largest absolute Gasteiger partial charge is 0.393 e. The zero-order chi connectivity index (χ0) is 8.43. The summed E-state index contributed by atoms with van der Waals surface area (Å²) in [6.45, 7) is 4.11. The van der Waals surface area contributed by atoms with Crippen LogP contribution in [-0.4, -0.2) is 15.3 Å². The highest BCUT2D eigenvalue weighted by Crippen LogP contribution is 2.13. The molecule has 0 amide bonds. The van der Waals surface area contributed by atoms with Gasteiger partial charge in [0.1, 0.15) is 0 Å². The van der Waals surface area contributed by atoms with Gasteiger partial charge in [0.05, 0.1) is 5.73 Å². The van der Waals surface area contributed by atoms with Crippen molar-refractivity contribution in [1.82, 2.24) is 0 Å². The molecule has 1 nitrogen and oxygen atoms in total. The fraction of sp³-hybridized carbons (Fsp3) is 0.333. The second-order valence-corrected chi connectivity index (χ2v) is 4.19. The van der Waals surface area contributed by atoms with Gasteiger partial charge in [-0.25, -0.2) is 0 Å². The van der Waals surface area contributed by atoms with E-state index in [1.807, 2.05) is 12.1 Å². The second kappa shape index (κ2) is 3.20. The zero-order valence-electron chi connectivity index (χ0n) is 7.26. The first-order valence-corrected chi connectivity index (χ1v) is 5.01. The Morgan fingerprint density at radius 1 is 1.18 bits per heavy atom. The van der Waals surface area contributed by atoms with E-state index in [-0.39, 0.29) is 5.73 Å². The van der Waals surface area contributed by atoms with E-state index in [4.69, 9.17) is 0 Å². The molecule has 1 aromatic rings. The van der Waals surface area contributed by atoms with Gasteiger partial charge >= 0.3 is 0 Å². The van der Waals surface area contributed by atoms with Gasteiger partial charge in [-0.1, -0.05) is 29.3 Å². The molecule has 0 aromatic heterocycles. The third kappa shape index (κ3) is 2.17. The quantitative estimate of drug-likeness (QED) is 0.608. The van der Waals surface area contributed by atoms with Crippen LogP contribution in [0.3, 0.4) is 0 Å². The molecular weight excluding hydrogens is 152 g/mol. The van der Waals surface area contributed by atoms with Gasteiger partial charge < -0.3 is 5.11 Å². The van der Waals surface area contributed by atoms with Gasteiger partial charge in [-0.15, -0.1) is 0 Å². The highest BCUT2D eigenvalue weighted by Gasteiger charge is 2.00. The SMILES string of the molecule is Cc1cc(C)cc(C(O)[SiH3])c1. The van der Waals surface area contributed by atoms with Crippen molar-refractivity contribution in [3.05, 3.63) is 34.9 Å². The highest BCUT2D eigenvalue weighted by atomic mass is 28.1. The van der Waals surface area contributed by atoms with E-state index >= 15 is 0 Å².